The molecule has 1 aromatic carbocycles. The molecule has 2 aliphatic heterocycles. The van der Waals surface area contributed by atoms with E-state index in [9.17, 15) is 9.59 Å². The van der Waals surface area contributed by atoms with Crippen molar-refractivity contribution in [3.63, 3.8) is 0 Å². The lowest BCUT2D eigenvalue weighted by Crippen LogP contribution is -2.46. The summed E-state index contributed by atoms with van der Waals surface area (Å²) >= 11 is 3.60. The minimum absolute atomic E-state index is 0.0327. The monoisotopic (exact) mass is 434 g/mol. The van der Waals surface area contributed by atoms with Gasteiger partial charge in [0.1, 0.15) is 23.0 Å². The summed E-state index contributed by atoms with van der Waals surface area (Å²) in [5, 5.41) is 3.86. The molecule has 2 aliphatic rings. The molecule has 2 aromatic rings. The summed E-state index contributed by atoms with van der Waals surface area (Å²) in [6.45, 7) is 5.49. The van der Waals surface area contributed by atoms with Crippen molar-refractivity contribution < 1.29 is 13.9 Å². The molecule has 7 heteroatoms. The number of likely N-dealkylation sites (N-methyl/N-ethyl adjacent to an activating group) is 1. The summed E-state index contributed by atoms with van der Waals surface area (Å²) in [6.07, 6.45) is 0.999. The third kappa shape index (κ3) is 2.97. The molecule has 1 amide bonds. The number of hydrogen-bond donors (Lipinski definition) is 1. The van der Waals surface area contributed by atoms with Gasteiger partial charge in [-0.15, -0.1) is 0 Å². The fraction of sp³-hybridized carbons (Fsp3) is 0.500. The van der Waals surface area contributed by atoms with E-state index in [1.54, 1.807) is 11.9 Å². The number of benzene rings is 1. The molecule has 6 nitrogen and oxygen atoms in total. The average Bonchev–Trinajstić information content (AvgIpc) is 2.85. The van der Waals surface area contributed by atoms with Crippen LogP contribution in [0.4, 0.5) is 4.79 Å². The molecule has 1 N–H and O–H groups in total. The van der Waals surface area contributed by atoms with E-state index in [1.807, 2.05) is 26.0 Å². The van der Waals surface area contributed by atoms with Crippen LogP contribution < -0.4 is 10.7 Å². The number of halogens is 1. The van der Waals surface area contributed by atoms with Gasteiger partial charge in [-0.25, -0.2) is 4.79 Å². The molecule has 0 saturated carbocycles. The quantitative estimate of drug-likeness (QED) is 0.727. The van der Waals surface area contributed by atoms with E-state index in [0.29, 0.717) is 29.6 Å². The minimum atomic E-state index is -0.661. The Morgan fingerprint density at radius 3 is 2.63 bits per heavy atom. The highest BCUT2D eigenvalue weighted by molar-refractivity contribution is 9.09. The van der Waals surface area contributed by atoms with E-state index in [4.69, 9.17) is 9.15 Å². The third-order valence-corrected chi connectivity index (χ3v) is 6.13. The molecule has 2 atom stereocenters. The summed E-state index contributed by atoms with van der Waals surface area (Å²) in [6, 6.07) is 4.99. The Labute approximate surface area is 166 Å². The summed E-state index contributed by atoms with van der Waals surface area (Å²) in [7, 11) is 1.71. The lowest BCUT2D eigenvalue weighted by atomic mass is 9.83. The van der Waals surface area contributed by atoms with E-state index >= 15 is 0 Å². The minimum Gasteiger partial charge on any atom is -0.458 e. The highest BCUT2D eigenvalue weighted by Crippen LogP contribution is 2.46. The number of nitrogens with one attached hydrogen (secondary N) is 1. The van der Waals surface area contributed by atoms with Gasteiger partial charge in [-0.05, 0) is 38.6 Å². The first kappa shape index (κ1) is 18.5. The van der Waals surface area contributed by atoms with Gasteiger partial charge in [-0.2, -0.15) is 0 Å². The van der Waals surface area contributed by atoms with Crippen LogP contribution in [-0.4, -0.2) is 36.7 Å². The maximum atomic E-state index is 12.9. The normalized spacial score (nSPS) is 23.0. The number of alkyl halides is 1. The smallest absolute Gasteiger partial charge is 0.410 e. The fourth-order valence-corrected chi connectivity index (χ4v) is 4.66. The molecule has 2 saturated heterocycles. The van der Waals surface area contributed by atoms with E-state index in [1.165, 1.54) is 6.07 Å². The predicted octanol–water partition coefficient (Wildman–Crippen LogP) is 3.80. The zero-order valence-electron chi connectivity index (χ0n) is 15.7. The number of piperidine rings is 1. The molecule has 4 rings (SSSR count). The van der Waals surface area contributed by atoms with Crippen molar-refractivity contribution >= 4 is 33.0 Å². The van der Waals surface area contributed by atoms with Crippen LogP contribution in [0.15, 0.2) is 27.4 Å². The average molecular weight is 435 g/mol. The molecule has 1 spiro atoms. The van der Waals surface area contributed by atoms with Crippen molar-refractivity contribution in [2.45, 2.75) is 43.2 Å². The Bertz CT molecular complexity index is 962. The van der Waals surface area contributed by atoms with Crippen LogP contribution in [0.25, 0.3) is 11.0 Å². The van der Waals surface area contributed by atoms with E-state index in [0.717, 1.165) is 24.2 Å². The van der Waals surface area contributed by atoms with E-state index in [2.05, 4.69) is 21.2 Å². The zero-order valence-corrected chi connectivity index (χ0v) is 17.3. The number of carbonyl (C=O) groups is 1. The number of carbonyl (C=O) groups excluding carboxylic acids is 1. The van der Waals surface area contributed by atoms with Gasteiger partial charge >= 0.3 is 6.09 Å². The van der Waals surface area contributed by atoms with Crippen LogP contribution in [0.5, 0.6) is 0 Å². The maximum Gasteiger partial charge on any atom is 0.410 e. The molecule has 1 aromatic heterocycles. The van der Waals surface area contributed by atoms with Crippen molar-refractivity contribution in [3.8, 4) is 0 Å². The van der Waals surface area contributed by atoms with Gasteiger partial charge in [0.15, 0.2) is 5.43 Å². The number of amides is 1. The largest absolute Gasteiger partial charge is 0.458 e. The summed E-state index contributed by atoms with van der Waals surface area (Å²) in [5.74, 6) is 0.487. The first-order valence-corrected chi connectivity index (χ1v) is 10.1. The highest BCUT2D eigenvalue weighted by Gasteiger charge is 2.55. The van der Waals surface area contributed by atoms with E-state index < -0.39 is 11.6 Å². The molecule has 0 aliphatic carbocycles. The summed E-state index contributed by atoms with van der Waals surface area (Å²) in [4.78, 5) is 26.9. The van der Waals surface area contributed by atoms with Gasteiger partial charge in [0, 0.05) is 36.3 Å². The van der Waals surface area contributed by atoms with Gasteiger partial charge in [0.25, 0.3) is 0 Å². The maximum absolute atomic E-state index is 12.9. The van der Waals surface area contributed by atoms with Gasteiger partial charge in [-0.3, -0.25) is 9.69 Å². The van der Waals surface area contributed by atoms with Crippen molar-refractivity contribution in [2.75, 3.05) is 20.1 Å². The molecule has 0 bridgehead atoms. The molecular weight excluding hydrogens is 412 g/mol. The molecule has 3 heterocycles. The second kappa shape index (κ2) is 6.63. The standard InChI is InChI=1S/C20H23BrN2O4/c1-11-8-13(12(2)21)17-14(9-11)15(24)10-16(26-17)18-20(4-6-22-7-5-20)27-19(25)23(18)3/h8-10,12,18,22H,4-7H2,1-3H3. The van der Waals surface area contributed by atoms with Gasteiger partial charge in [-0.1, -0.05) is 22.0 Å². The van der Waals surface area contributed by atoms with Crippen molar-refractivity contribution in [3.05, 3.63) is 45.3 Å². The lowest BCUT2D eigenvalue weighted by Gasteiger charge is -2.36. The second-order valence-corrected chi connectivity index (χ2v) is 8.93. The number of ether oxygens (including phenoxy) is 1. The van der Waals surface area contributed by atoms with E-state index in [-0.39, 0.29) is 16.3 Å². The molecule has 0 radical (unpaired) electrons. The topological polar surface area (TPSA) is 71.8 Å². The summed E-state index contributed by atoms with van der Waals surface area (Å²) < 4.78 is 12.1. The molecule has 144 valence electrons. The first-order valence-electron chi connectivity index (χ1n) is 9.21. The highest BCUT2D eigenvalue weighted by atomic mass is 79.9. The molecule has 27 heavy (non-hydrogen) atoms. The van der Waals surface area contributed by atoms with Gasteiger partial charge < -0.3 is 14.5 Å². The Morgan fingerprint density at radius 1 is 1.26 bits per heavy atom. The van der Waals surface area contributed by atoms with Crippen LogP contribution >= 0.6 is 15.9 Å². The lowest BCUT2D eigenvalue weighted by molar-refractivity contribution is 0.00248. The SMILES string of the molecule is Cc1cc(C(C)Br)c2oc(C3N(C)C(=O)OC34CCNCC4)cc(=O)c2c1. The molecule has 2 fully saturated rings. The number of hydrogen-bond acceptors (Lipinski definition) is 5. The Morgan fingerprint density at radius 2 is 1.96 bits per heavy atom. The van der Waals surface area contributed by atoms with Gasteiger partial charge in [0.2, 0.25) is 0 Å². The Kier molecular flexibility index (Phi) is 4.55. The number of fused-ring (bicyclic) bond motifs is 1. The van der Waals surface area contributed by atoms with Crippen LogP contribution in [0.2, 0.25) is 0 Å². The second-order valence-electron chi connectivity index (χ2n) is 7.56. The van der Waals surface area contributed by atoms with Crippen LogP contribution in [-0.2, 0) is 4.74 Å². The summed E-state index contributed by atoms with van der Waals surface area (Å²) in [5.41, 5.74) is 1.75. The first-order chi connectivity index (χ1) is 12.8. The molecular formula is C20H23BrN2O4. The van der Waals surface area contributed by atoms with Crippen molar-refractivity contribution in [1.82, 2.24) is 10.2 Å². The van der Waals surface area contributed by atoms with Crippen molar-refractivity contribution in [1.29, 1.82) is 0 Å². The van der Waals surface area contributed by atoms with Gasteiger partial charge in [0.05, 0.1) is 5.39 Å². The van der Waals surface area contributed by atoms with Crippen molar-refractivity contribution in [2.24, 2.45) is 0 Å². The number of nitrogens with zero attached hydrogens (tertiary/aromatic N) is 1. The number of aryl methyl sites for hydroxylation is 1. The Hall–Kier alpha value is -1.86. The Balaban J connectivity index is 1.93. The molecule has 2 unspecified atom stereocenters. The van der Waals surface area contributed by atoms with Crippen LogP contribution in [0.3, 0.4) is 0 Å². The predicted molar refractivity (Wildman–Crippen MR) is 106 cm³/mol. The van der Waals surface area contributed by atoms with Crippen LogP contribution in [0.1, 0.15) is 47.5 Å². The number of rotatable bonds is 2. The third-order valence-electron chi connectivity index (χ3n) is 5.63. The zero-order chi connectivity index (χ0) is 19.3. The fourth-order valence-electron chi connectivity index (χ4n) is 4.32. The van der Waals surface area contributed by atoms with Crippen LogP contribution in [0, 0.1) is 6.92 Å².